The summed E-state index contributed by atoms with van der Waals surface area (Å²) in [6.45, 7) is 0.719. The molecule has 2 aliphatic rings. The van der Waals surface area contributed by atoms with Crippen LogP contribution in [0.3, 0.4) is 0 Å². The maximum Gasteiger partial charge on any atom is 0.317 e. The Morgan fingerprint density at radius 2 is 1.80 bits per heavy atom. The number of ether oxygens (including phenoxy) is 1. The molecule has 5 heteroatoms. The standard InChI is InChI=1S/C20H29FN2O2/c1-23(17-7-4-2-3-5-8-17)20(24)22-19(18-9-6-14-25-18)15-10-12-16(21)13-11-15/h10-13,17-19H,2-9,14H2,1H3,(H,22,24)/t18-,19+/m0/s1. The highest BCUT2D eigenvalue weighted by Gasteiger charge is 2.31. The Morgan fingerprint density at radius 3 is 2.40 bits per heavy atom. The van der Waals surface area contributed by atoms with Crippen LogP contribution in [0.1, 0.15) is 63.0 Å². The average molecular weight is 348 g/mol. The number of hydrogen-bond donors (Lipinski definition) is 1. The molecule has 0 unspecified atom stereocenters. The van der Waals surface area contributed by atoms with Crippen molar-refractivity contribution >= 4 is 6.03 Å². The Morgan fingerprint density at radius 1 is 1.12 bits per heavy atom. The summed E-state index contributed by atoms with van der Waals surface area (Å²) < 4.78 is 19.1. The van der Waals surface area contributed by atoms with Crippen LogP contribution in [0.15, 0.2) is 24.3 Å². The quantitative estimate of drug-likeness (QED) is 0.819. The molecule has 138 valence electrons. The highest BCUT2D eigenvalue weighted by Crippen LogP contribution is 2.28. The summed E-state index contributed by atoms with van der Waals surface area (Å²) in [5.41, 5.74) is 0.899. The molecule has 1 aromatic rings. The predicted octanol–water partition coefficient (Wildman–Crippen LogP) is 4.41. The van der Waals surface area contributed by atoms with Gasteiger partial charge in [-0.25, -0.2) is 9.18 Å². The normalized spacial score (nSPS) is 23.0. The molecule has 1 aliphatic heterocycles. The second kappa shape index (κ2) is 8.65. The van der Waals surface area contributed by atoms with E-state index >= 15 is 0 Å². The summed E-state index contributed by atoms with van der Waals surface area (Å²) in [4.78, 5) is 14.7. The van der Waals surface area contributed by atoms with Crippen LogP contribution in [0.25, 0.3) is 0 Å². The first-order valence-corrected chi connectivity index (χ1v) is 9.55. The molecule has 4 nitrogen and oxygen atoms in total. The summed E-state index contributed by atoms with van der Waals surface area (Å²) in [7, 11) is 1.89. The van der Waals surface area contributed by atoms with Gasteiger partial charge in [-0.05, 0) is 43.4 Å². The Kier molecular flexibility index (Phi) is 6.29. The first kappa shape index (κ1) is 18.2. The number of rotatable bonds is 4. The Bertz CT molecular complexity index is 549. The van der Waals surface area contributed by atoms with Crippen molar-refractivity contribution in [3.63, 3.8) is 0 Å². The number of urea groups is 1. The van der Waals surface area contributed by atoms with Gasteiger partial charge in [0.25, 0.3) is 0 Å². The fourth-order valence-electron chi connectivity index (χ4n) is 3.97. The van der Waals surface area contributed by atoms with Crippen molar-refractivity contribution < 1.29 is 13.9 Å². The maximum atomic E-state index is 13.3. The molecule has 0 aromatic heterocycles. The van der Waals surface area contributed by atoms with Gasteiger partial charge in [0.1, 0.15) is 5.82 Å². The number of amides is 2. The Balaban J connectivity index is 1.70. The molecule has 1 aromatic carbocycles. The molecular formula is C20H29FN2O2. The van der Waals surface area contributed by atoms with Gasteiger partial charge < -0.3 is 15.0 Å². The van der Waals surface area contributed by atoms with Gasteiger partial charge in [0.15, 0.2) is 0 Å². The van der Waals surface area contributed by atoms with Gasteiger partial charge in [-0.2, -0.15) is 0 Å². The minimum Gasteiger partial charge on any atom is -0.376 e. The van der Waals surface area contributed by atoms with E-state index < -0.39 is 0 Å². The summed E-state index contributed by atoms with van der Waals surface area (Å²) >= 11 is 0. The lowest BCUT2D eigenvalue weighted by Gasteiger charge is -2.31. The van der Waals surface area contributed by atoms with Gasteiger partial charge in [0, 0.05) is 19.7 Å². The van der Waals surface area contributed by atoms with Crippen molar-refractivity contribution in [3.8, 4) is 0 Å². The van der Waals surface area contributed by atoms with Gasteiger partial charge >= 0.3 is 6.03 Å². The third-order valence-corrected chi connectivity index (χ3v) is 5.54. The van der Waals surface area contributed by atoms with Crippen molar-refractivity contribution in [2.45, 2.75) is 69.6 Å². The Hall–Kier alpha value is -1.62. The fourth-order valence-corrected chi connectivity index (χ4v) is 3.97. The van der Waals surface area contributed by atoms with E-state index in [1.807, 2.05) is 11.9 Å². The van der Waals surface area contributed by atoms with E-state index in [0.29, 0.717) is 6.04 Å². The number of carbonyl (C=O) groups is 1. The largest absolute Gasteiger partial charge is 0.376 e. The number of halogens is 1. The van der Waals surface area contributed by atoms with Gasteiger partial charge in [0.05, 0.1) is 12.1 Å². The molecule has 2 fully saturated rings. The molecule has 0 bridgehead atoms. The van der Waals surface area contributed by atoms with Crippen LogP contribution < -0.4 is 5.32 Å². The fraction of sp³-hybridized carbons (Fsp3) is 0.650. The minimum absolute atomic E-state index is 0.0445. The molecule has 1 N–H and O–H groups in total. The second-order valence-corrected chi connectivity index (χ2v) is 7.29. The van der Waals surface area contributed by atoms with Crippen molar-refractivity contribution in [2.75, 3.05) is 13.7 Å². The number of hydrogen-bond acceptors (Lipinski definition) is 2. The van der Waals surface area contributed by atoms with Crippen molar-refractivity contribution in [1.29, 1.82) is 0 Å². The molecule has 3 rings (SSSR count). The van der Waals surface area contributed by atoms with Crippen LogP contribution >= 0.6 is 0 Å². The van der Waals surface area contributed by atoms with Crippen LogP contribution in [-0.2, 0) is 4.74 Å². The molecular weight excluding hydrogens is 319 g/mol. The third kappa shape index (κ3) is 4.72. The average Bonchev–Trinajstić information content (AvgIpc) is 3.01. The molecule has 0 radical (unpaired) electrons. The van der Waals surface area contributed by atoms with E-state index in [0.717, 1.165) is 37.9 Å². The number of carbonyl (C=O) groups excluding carboxylic acids is 1. The molecule has 2 amide bonds. The first-order chi connectivity index (χ1) is 12.1. The maximum absolute atomic E-state index is 13.3. The highest BCUT2D eigenvalue weighted by molar-refractivity contribution is 5.75. The lowest BCUT2D eigenvalue weighted by Crippen LogP contribution is -2.47. The molecule has 1 heterocycles. The minimum atomic E-state index is -0.267. The van der Waals surface area contributed by atoms with Gasteiger partial charge in [-0.15, -0.1) is 0 Å². The Labute approximate surface area is 149 Å². The molecule has 1 saturated heterocycles. The first-order valence-electron chi connectivity index (χ1n) is 9.55. The van der Waals surface area contributed by atoms with Crippen LogP contribution in [0.4, 0.5) is 9.18 Å². The van der Waals surface area contributed by atoms with E-state index in [2.05, 4.69) is 5.32 Å². The monoisotopic (exact) mass is 348 g/mol. The van der Waals surface area contributed by atoms with E-state index in [1.54, 1.807) is 12.1 Å². The van der Waals surface area contributed by atoms with E-state index in [-0.39, 0.29) is 24.0 Å². The zero-order chi connectivity index (χ0) is 17.6. The van der Waals surface area contributed by atoms with Gasteiger partial charge in [-0.1, -0.05) is 37.8 Å². The lowest BCUT2D eigenvalue weighted by atomic mass is 9.99. The number of benzene rings is 1. The summed E-state index contributed by atoms with van der Waals surface area (Å²) in [5.74, 6) is -0.267. The molecule has 1 aliphatic carbocycles. The molecule has 1 saturated carbocycles. The van der Waals surface area contributed by atoms with Gasteiger partial charge in [0.2, 0.25) is 0 Å². The zero-order valence-electron chi connectivity index (χ0n) is 15.0. The van der Waals surface area contributed by atoms with Crippen molar-refractivity contribution in [1.82, 2.24) is 10.2 Å². The van der Waals surface area contributed by atoms with Gasteiger partial charge in [-0.3, -0.25) is 0 Å². The van der Waals surface area contributed by atoms with Crippen molar-refractivity contribution in [2.24, 2.45) is 0 Å². The van der Waals surface area contributed by atoms with E-state index in [1.165, 1.54) is 37.8 Å². The SMILES string of the molecule is CN(C(=O)N[C@H](c1ccc(F)cc1)[C@@H]1CCCO1)C1CCCCCC1. The van der Waals surface area contributed by atoms with E-state index in [4.69, 9.17) is 4.74 Å². The number of nitrogens with zero attached hydrogens (tertiary/aromatic N) is 1. The summed E-state index contributed by atoms with van der Waals surface area (Å²) in [6, 6.07) is 6.39. The summed E-state index contributed by atoms with van der Waals surface area (Å²) in [6.07, 6.45) is 8.92. The highest BCUT2D eigenvalue weighted by atomic mass is 19.1. The van der Waals surface area contributed by atoms with E-state index in [9.17, 15) is 9.18 Å². The topological polar surface area (TPSA) is 41.6 Å². The molecule has 2 atom stereocenters. The summed E-state index contributed by atoms with van der Waals surface area (Å²) in [5, 5.41) is 3.15. The van der Waals surface area contributed by atoms with Crippen LogP contribution in [-0.4, -0.2) is 36.7 Å². The third-order valence-electron chi connectivity index (χ3n) is 5.54. The van der Waals surface area contributed by atoms with Crippen LogP contribution in [0, 0.1) is 5.82 Å². The predicted molar refractivity (Wildman–Crippen MR) is 95.9 cm³/mol. The van der Waals surface area contributed by atoms with Crippen molar-refractivity contribution in [3.05, 3.63) is 35.6 Å². The second-order valence-electron chi connectivity index (χ2n) is 7.29. The zero-order valence-corrected chi connectivity index (χ0v) is 15.0. The molecule has 0 spiro atoms. The van der Waals surface area contributed by atoms with Crippen LogP contribution in [0.5, 0.6) is 0 Å². The molecule has 25 heavy (non-hydrogen) atoms. The van der Waals surface area contributed by atoms with Crippen LogP contribution in [0.2, 0.25) is 0 Å². The number of nitrogens with one attached hydrogen (secondary N) is 1. The lowest BCUT2D eigenvalue weighted by molar-refractivity contribution is 0.0772. The smallest absolute Gasteiger partial charge is 0.317 e.